The molecule has 0 aromatic heterocycles. The van der Waals surface area contributed by atoms with E-state index in [2.05, 4.69) is 48.7 Å². The Morgan fingerprint density at radius 3 is 2.90 bits per heavy atom. The Balaban J connectivity index is 1.35. The summed E-state index contributed by atoms with van der Waals surface area (Å²) >= 11 is 0. The number of alkyl carbamates (subject to hydrolysis) is 1. The van der Waals surface area contributed by atoms with Crippen LogP contribution in [0, 0.1) is 0 Å². The molecule has 2 aromatic rings. The van der Waals surface area contributed by atoms with Crippen LogP contribution >= 0.6 is 0 Å². The second kappa shape index (κ2) is 7.92. The molecule has 4 heteroatoms. The van der Waals surface area contributed by atoms with Crippen LogP contribution in [0.3, 0.4) is 0 Å². The molecule has 1 heterocycles. The number of carbonyl (C=O) groups is 1. The van der Waals surface area contributed by atoms with Crippen molar-refractivity contribution in [2.24, 2.45) is 0 Å². The first-order chi connectivity index (χ1) is 15.0. The fourth-order valence-corrected chi connectivity index (χ4v) is 5.34. The van der Waals surface area contributed by atoms with Crippen LogP contribution in [0.25, 0.3) is 12.2 Å². The fourth-order valence-electron chi connectivity index (χ4n) is 5.34. The first kappa shape index (κ1) is 19.9. The molecular weight excluding hydrogens is 386 g/mol. The summed E-state index contributed by atoms with van der Waals surface area (Å²) in [4.78, 5) is 11.5. The van der Waals surface area contributed by atoms with E-state index in [-0.39, 0.29) is 11.6 Å². The molecule has 0 unspecified atom stereocenters. The Morgan fingerprint density at radius 1 is 1.23 bits per heavy atom. The molecule has 1 amide bonds. The molecule has 160 valence electrons. The van der Waals surface area contributed by atoms with Gasteiger partial charge in [-0.05, 0) is 84.9 Å². The molecule has 3 aliphatic rings. The standard InChI is InChI=1S/C27H29NO3/c1-18(13-23-5-3-4-6-25(23)30-2)19-7-8-21-15-22(10-9-20(21)14-19)24-11-12-27(16-24)17-31-26(29)28-27/h3-6,9-10,13-15,24H,7-8,11-12,16-17H2,1-2H3,(H,28,29)/b18-13+/t24-,27+/m0/s1. The van der Waals surface area contributed by atoms with Crippen LogP contribution in [-0.2, 0) is 11.2 Å². The molecule has 2 fully saturated rings. The summed E-state index contributed by atoms with van der Waals surface area (Å²) < 4.78 is 10.7. The van der Waals surface area contributed by atoms with Crippen molar-refractivity contribution in [3.63, 3.8) is 0 Å². The van der Waals surface area contributed by atoms with Gasteiger partial charge in [0.15, 0.2) is 0 Å². The first-order valence-corrected chi connectivity index (χ1v) is 11.2. The van der Waals surface area contributed by atoms with Gasteiger partial charge in [0.25, 0.3) is 0 Å². The zero-order valence-electron chi connectivity index (χ0n) is 18.2. The lowest BCUT2D eigenvalue weighted by atomic mass is 9.85. The third-order valence-corrected chi connectivity index (χ3v) is 7.10. The number of aryl methyl sites for hydroxylation is 1. The summed E-state index contributed by atoms with van der Waals surface area (Å²) in [6.07, 6.45) is 9.47. The van der Waals surface area contributed by atoms with Gasteiger partial charge in [0.1, 0.15) is 12.4 Å². The van der Waals surface area contributed by atoms with E-state index in [1.807, 2.05) is 18.2 Å². The molecular formula is C27H29NO3. The van der Waals surface area contributed by atoms with Crippen LogP contribution < -0.4 is 10.1 Å². The normalized spacial score (nSPS) is 25.1. The summed E-state index contributed by atoms with van der Waals surface area (Å²) in [5.41, 5.74) is 7.79. The number of nitrogens with one attached hydrogen (secondary N) is 1. The van der Waals surface area contributed by atoms with Crippen molar-refractivity contribution in [3.8, 4) is 5.75 Å². The van der Waals surface area contributed by atoms with Gasteiger partial charge in [-0.15, -0.1) is 0 Å². The van der Waals surface area contributed by atoms with Gasteiger partial charge >= 0.3 is 6.09 Å². The molecule has 1 spiro atoms. The number of rotatable bonds is 4. The highest BCUT2D eigenvalue weighted by atomic mass is 16.6. The minimum atomic E-state index is -0.264. The van der Waals surface area contributed by atoms with Gasteiger partial charge in [0.05, 0.1) is 12.6 Å². The predicted octanol–water partition coefficient (Wildman–Crippen LogP) is 5.87. The smallest absolute Gasteiger partial charge is 0.407 e. The van der Waals surface area contributed by atoms with E-state index in [1.54, 1.807) is 7.11 Å². The molecule has 0 radical (unpaired) electrons. The lowest BCUT2D eigenvalue weighted by molar-refractivity contribution is 0.172. The minimum absolute atomic E-state index is 0.148. The van der Waals surface area contributed by atoms with Crippen LogP contribution in [0.5, 0.6) is 5.75 Å². The molecule has 1 saturated heterocycles. The van der Waals surface area contributed by atoms with E-state index in [1.165, 1.54) is 27.8 Å². The van der Waals surface area contributed by atoms with E-state index in [9.17, 15) is 4.79 Å². The third-order valence-electron chi connectivity index (χ3n) is 7.10. The summed E-state index contributed by atoms with van der Waals surface area (Å²) in [6.45, 7) is 2.70. The molecule has 31 heavy (non-hydrogen) atoms. The van der Waals surface area contributed by atoms with E-state index >= 15 is 0 Å². The highest BCUT2D eigenvalue weighted by molar-refractivity contribution is 5.71. The molecule has 2 atom stereocenters. The molecule has 1 saturated carbocycles. The van der Waals surface area contributed by atoms with Crippen LogP contribution in [0.4, 0.5) is 4.79 Å². The van der Waals surface area contributed by atoms with Crippen molar-refractivity contribution in [1.82, 2.24) is 5.32 Å². The number of carbonyl (C=O) groups excluding carboxylic acids is 1. The number of methoxy groups -OCH3 is 1. The third kappa shape index (κ3) is 3.87. The molecule has 2 aliphatic carbocycles. The van der Waals surface area contributed by atoms with Crippen LogP contribution in [0.2, 0.25) is 0 Å². The number of hydrogen-bond donors (Lipinski definition) is 1. The van der Waals surface area contributed by atoms with Crippen molar-refractivity contribution < 1.29 is 14.3 Å². The monoisotopic (exact) mass is 415 g/mol. The SMILES string of the molecule is COc1ccccc1/C=C(\C)C1=Cc2ccc([C@H]3CC[C@]4(COC(=O)N4)C3)cc2CC1. The first-order valence-electron chi connectivity index (χ1n) is 11.2. The van der Waals surface area contributed by atoms with Crippen molar-refractivity contribution in [2.45, 2.75) is 50.5 Å². The topological polar surface area (TPSA) is 47.6 Å². The number of hydrogen-bond acceptors (Lipinski definition) is 3. The number of amides is 1. The molecule has 1 N–H and O–H groups in total. The van der Waals surface area contributed by atoms with Crippen molar-refractivity contribution in [1.29, 1.82) is 0 Å². The fraction of sp³-hybridized carbons (Fsp3) is 0.370. The maximum absolute atomic E-state index is 11.5. The van der Waals surface area contributed by atoms with Crippen LogP contribution in [0.15, 0.2) is 53.6 Å². The Labute approximate surface area is 184 Å². The maximum atomic E-state index is 11.5. The maximum Gasteiger partial charge on any atom is 0.407 e. The number of fused-ring (bicyclic) bond motifs is 1. The van der Waals surface area contributed by atoms with Gasteiger partial charge in [-0.3, -0.25) is 0 Å². The Hall–Kier alpha value is -3.01. The molecule has 5 rings (SSSR count). The number of benzene rings is 2. The Morgan fingerprint density at radius 2 is 2.10 bits per heavy atom. The van der Waals surface area contributed by atoms with Gasteiger partial charge in [-0.2, -0.15) is 0 Å². The van der Waals surface area contributed by atoms with E-state index < -0.39 is 0 Å². The molecule has 0 bridgehead atoms. The molecule has 1 aliphatic heterocycles. The highest BCUT2D eigenvalue weighted by Crippen LogP contribution is 2.43. The van der Waals surface area contributed by atoms with Crippen molar-refractivity contribution >= 4 is 18.2 Å². The zero-order chi connectivity index (χ0) is 21.4. The van der Waals surface area contributed by atoms with E-state index in [0.29, 0.717) is 12.5 Å². The zero-order valence-corrected chi connectivity index (χ0v) is 18.2. The second-order valence-corrected chi connectivity index (χ2v) is 9.12. The van der Waals surface area contributed by atoms with Gasteiger partial charge in [-0.1, -0.05) is 42.5 Å². The Kier molecular flexibility index (Phi) is 5.09. The van der Waals surface area contributed by atoms with Crippen molar-refractivity contribution in [3.05, 3.63) is 75.9 Å². The summed E-state index contributed by atoms with van der Waals surface area (Å²) in [5.74, 6) is 1.39. The predicted molar refractivity (Wildman–Crippen MR) is 123 cm³/mol. The number of ether oxygens (including phenoxy) is 2. The molecule has 4 nitrogen and oxygen atoms in total. The van der Waals surface area contributed by atoms with Gasteiger partial charge in [0, 0.05) is 5.56 Å². The lowest BCUT2D eigenvalue weighted by Gasteiger charge is -2.22. The van der Waals surface area contributed by atoms with Crippen LogP contribution in [-0.4, -0.2) is 25.3 Å². The average molecular weight is 416 g/mol. The molecule has 2 aromatic carbocycles. The summed E-state index contributed by atoms with van der Waals surface area (Å²) in [7, 11) is 1.72. The van der Waals surface area contributed by atoms with E-state index in [0.717, 1.165) is 43.4 Å². The highest BCUT2D eigenvalue weighted by Gasteiger charge is 2.45. The quantitative estimate of drug-likeness (QED) is 0.679. The largest absolute Gasteiger partial charge is 0.496 e. The lowest BCUT2D eigenvalue weighted by Crippen LogP contribution is -2.40. The Bertz CT molecular complexity index is 1080. The number of para-hydroxylation sites is 1. The van der Waals surface area contributed by atoms with Crippen LogP contribution in [0.1, 0.15) is 60.8 Å². The number of cyclic esters (lactones) is 1. The summed E-state index contributed by atoms with van der Waals surface area (Å²) in [5, 5.41) is 3.05. The van der Waals surface area contributed by atoms with Gasteiger partial charge in [-0.25, -0.2) is 4.79 Å². The average Bonchev–Trinajstić information content (AvgIpc) is 3.38. The summed E-state index contributed by atoms with van der Waals surface area (Å²) in [6, 6.07) is 15.1. The number of allylic oxidation sites excluding steroid dienone is 2. The second-order valence-electron chi connectivity index (χ2n) is 9.12. The van der Waals surface area contributed by atoms with Gasteiger partial charge < -0.3 is 14.8 Å². The minimum Gasteiger partial charge on any atom is -0.496 e. The van der Waals surface area contributed by atoms with Crippen molar-refractivity contribution in [2.75, 3.05) is 13.7 Å². The van der Waals surface area contributed by atoms with E-state index in [4.69, 9.17) is 9.47 Å². The van der Waals surface area contributed by atoms with Gasteiger partial charge in [0.2, 0.25) is 0 Å².